The summed E-state index contributed by atoms with van der Waals surface area (Å²) < 4.78 is 29.7. The van der Waals surface area contributed by atoms with E-state index in [9.17, 15) is 14.0 Å². The zero-order valence-corrected chi connectivity index (χ0v) is 16.0. The van der Waals surface area contributed by atoms with Gasteiger partial charge in [0.05, 0.1) is 20.3 Å². The van der Waals surface area contributed by atoms with E-state index in [2.05, 4.69) is 4.98 Å². The zero-order valence-electron chi connectivity index (χ0n) is 15.3. The zero-order chi connectivity index (χ0) is 19.9. The maximum absolute atomic E-state index is 14.8. The van der Waals surface area contributed by atoms with E-state index in [0.29, 0.717) is 16.5 Å². The number of carbonyl (C=O) groups is 2. The maximum atomic E-state index is 14.8. The fourth-order valence-electron chi connectivity index (χ4n) is 3.40. The van der Waals surface area contributed by atoms with E-state index in [1.165, 1.54) is 21.3 Å². The lowest BCUT2D eigenvalue weighted by molar-refractivity contribution is -0.137. The monoisotopic (exact) mass is 396 g/mol. The summed E-state index contributed by atoms with van der Waals surface area (Å²) in [4.78, 5) is 30.4. The van der Waals surface area contributed by atoms with Crippen LogP contribution >= 0.6 is 11.6 Å². The summed E-state index contributed by atoms with van der Waals surface area (Å²) in [6, 6.07) is 1.14. The van der Waals surface area contributed by atoms with Crippen LogP contribution in [-0.4, -0.2) is 49.7 Å². The van der Waals surface area contributed by atoms with Crippen LogP contribution < -0.4 is 4.74 Å². The van der Waals surface area contributed by atoms with Crippen LogP contribution in [0.15, 0.2) is 6.07 Å². The molecule has 0 saturated carbocycles. The Hall–Kier alpha value is -2.45. The SMILES string of the molecule is COCC(=O)N1Cc2c(C(=O)OC)nc3c(F)c(Cl)c(OC)cc3c2[C@@H]1C. The second kappa shape index (κ2) is 7.28. The molecule has 0 spiro atoms. The van der Waals surface area contributed by atoms with Gasteiger partial charge in [-0.15, -0.1) is 0 Å². The minimum absolute atomic E-state index is 0.0419. The van der Waals surface area contributed by atoms with E-state index in [1.807, 2.05) is 0 Å². The number of methoxy groups -OCH3 is 3. The number of hydrogen-bond donors (Lipinski definition) is 0. The summed E-state index contributed by atoms with van der Waals surface area (Å²) in [7, 11) is 4.01. The van der Waals surface area contributed by atoms with Gasteiger partial charge in [-0.3, -0.25) is 4.79 Å². The van der Waals surface area contributed by atoms with Crippen LogP contribution in [0, 0.1) is 5.82 Å². The van der Waals surface area contributed by atoms with Crippen LogP contribution in [0.2, 0.25) is 5.02 Å². The molecule has 1 aromatic heterocycles. The van der Waals surface area contributed by atoms with Gasteiger partial charge in [0.1, 0.15) is 22.9 Å². The Morgan fingerprint density at radius 2 is 2.07 bits per heavy atom. The minimum atomic E-state index is -0.798. The van der Waals surface area contributed by atoms with Gasteiger partial charge in [0.15, 0.2) is 11.5 Å². The lowest BCUT2D eigenvalue weighted by Gasteiger charge is -2.22. The molecule has 27 heavy (non-hydrogen) atoms. The van der Waals surface area contributed by atoms with E-state index in [-0.39, 0.29) is 41.0 Å². The first kappa shape index (κ1) is 19.3. The predicted octanol–water partition coefficient (Wildman–Crippen LogP) is 2.87. The largest absolute Gasteiger partial charge is 0.495 e. The van der Waals surface area contributed by atoms with E-state index >= 15 is 0 Å². The summed E-state index contributed by atoms with van der Waals surface area (Å²) in [6.07, 6.45) is 0. The van der Waals surface area contributed by atoms with E-state index in [1.54, 1.807) is 17.9 Å². The first-order valence-corrected chi connectivity index (χ1v) is 8.48. The highest BCUT2D eigenvalue weighted by Crippen LogP contribution is 2.43. The molecule has 1 aliphatic heterocycles. The van der Waals surface area contributed by atoms with Crippen molar-refractivity contribution in [3.05, 3.63) is 33.7 Å². The van der Waals surface area contributed by atoms with Gasteiger partial charge in [-0.2, -0.15) is 0 Å². The number of aromatic nitrogens is 1. The Kier molecular flexibility index (Phi) is 5.21. The van der Waals surface area contributed by atoms with Crippen molar-refractivity contribution in [3.8, 4) is 5.75 Å². The maximum Gasteiger partial charge on any atom is 0.357 e. The molecule has 0 saturated heterocycles. The van der Waals surface area contributed by atoms with Crippen molar-refractivity contribution in [2.24, 2.45) is 0 Å². The van der Waals surface area contributed by atoms with E-state index < -0.39 is 17.8 Å². The van der Waals surface area contributed by atoms with Gasteiger partial charge in [-0.05, 0) is 18.6 Å². The highest BCUT2D eigenvalue weighted by molar-refractivity contribution is 6.33. The number of ether oxygens (including phenoxy) is 3. The number of halogens is 2. The van der Waals surface area contributed by atoms with Crippen molar-refractivity contribution < 1.29 is 28.2 Å². The van der Waals surface area contributed by atoms with Crippen molar-refractivity contribution in [1.82, 2.24) is 9.88 Å². The van der Waals surface area contributed by atoms with Crippen molar-refractivity contribution >= 4 is 34.4 Å². The normalized spacial score (nSPS) is 15.8. The third kappa shape index (κ3) is 2.98. The van der Waals surface area contributed by atoms with Crippen molar-refractivity contribution in [3.63, 3.8) is 0 Å². The van der Waals surface area contributed by atoms with Crippen LogP contribution in [-0.2, 0) is 20.8 Å². The Balaban J connectivity index is 2.33. The molecule has 0 fully saturated rings. The molecular formula is C18H18ClFN2O5. The van der Waals surface area contributed by atoms with E-state index in [0.717, 1.165) is 0 Å². The number of nitrogens with zero attached hydrogens (tertiary/aromatic N) is 2. The van der Waals surface area contributed by atoms with Gasteiger partial charge in [-0.25, -0.2) is 14.2 Å². The van der Waals surface area contributed by atoms with Crippen LogP contribution in [0.3, 0.4) is 0 Å². The fraction of sp³-hybridized carbons (Fsp3) is 0.389. The van der Waals surface area contributed by atoms with Crippen LogP contribution in [0.5, 0.6) is 5.75 Å². The molecule has 1 atom stereocenters. The third-order valence-electron chi connectivity index (χ3n) is 4.67. The average Bonchev–Trinajstić information content (AvgIpc) is 3.01. The first-order chi connectivity index (χ1) is 12.8. The van der Waals surface area contributed by atoms with Gasteiger partial charge in [-0.1, -0.05) is 11.6 Å². The molecule has 9 heteroatoms. The Labute approximate surface area is 160 Å². The molecule has 0 bridgehead atoms. The van der Waals surface area contributed by atoms with Crippen LogP contribution in [0.25, 0.3) is 10.9 Å². The highest BCUT2D eigenvalue weighted by atomic mass is 35.5. The molecule has 0 unspecified atom stereocenters. The fourth-order valence-corrected chi connectivity index (χ4v) is 3.62. The van der Waals surface area contributed by atoms with Gasteiger partial charge >= 0.3 is 5.97 Å². The molecule has 1 aromatic carbocycles. The van der Waals surface area contributed by atoms with Gasteiger partial charge in [0.25, 0.3) is 0 Å². The second-order valence-corrected chi connectivity index (χ2v) is 6.46. The molecule has 7 nitrogen and oxygen atoms in total. The van der Waals surface area contributed by atoms with Crippen LogP contribution in [0.4, 0.5) is 4.39 Å². The van der Waals surface area contributed by atoms with Crippen molar-refractivity contribution in [2.45, 2.75) is 19.5 Å². The quantitative estimate of drug-likeness (QED) is 0.739. The second-order valence-electron chi connectivity index (χ2n) is 6.08. The number of fused-ring (bicyclic) bond motifs is 3. The van der Waals surface area contributed by atoms with Gasteiger partial charge < -0.3 is 19.1 Å². The van der Waals surface area contributed by atoms with Crippen molar-refractivity contribution in [1.29, 1.82) is 0 Å². The molecule has 2 heterocycles. The van der Waals surface area contributed by atoms with E-state index in [4.69, 9.17) is 25.8 Å². The number of benzene rings is 1. The number of carbonyl (C=O) groups excluding carboxylic acids is 2. The summed E-state index contributed by atoms with van der Waals surface area (Å²) in [5, 5.41) is 0.197. The van der Waals surface area contributed by atoms with Crippen molar-refractivity contribution in [2.75, 3.05) is 27.9 Å². The Morgan fingerprint density at radius 1 is 1.37 bits per heavy atom. The highest BCUT2D eigenvalue weighted by Gasteiger charge is 2.37. The third-order valence-corrected chi connectivity index (χ3v) is 5.02. The number of esters is 1. The topological polar surface area (TPSA) is 78.0 Å². The summed E-state index contributed by atoms with van der Waals surface area (Å²) in [6.45, 7) is 1.82. The molecule has 144 valence electrons. The smallest absolute Gasteiger partial charge is 0.357 e. The molecular weight excluding hydrogens is 379 g/mol. The standard InChI is InChI=1S/C18H18ClFN2O5/c1-8-13-9-5-11(26-3)14(19)15(20)16(9)21-17(18(24)27-4)10(13)6-22(8)12(23)7-25-2/h5,8H,6-7H2,1-4H3/t8-/m0/s1. The minimum Gasteiger partial charge on any atom is -0.495 e. The summed E-state index contributed by atoms with van der Waals surface area (Å²) >= 11 is 6.01. The molecule has 0 N–H and O–H groups in total. The Morgan fingerprint density at radius 3 is 2.67 bits per heavy atom. The molecule has 0 aliphatic carbocycles. The molecule has 1 aliphatic rings. The molecule has 1 amide bonds. The van der Waals surface area contributed by atoms with Gasteiger partial charge in [0.2, 0.25) is 5.91 Å². The average molecular weight is 397 g/mol. The molecule has 2 aromatic rings. The Bertz CT molecular complexity index is 949. The first-order valence-electron chi connectivity index (χ1n) is 8.10. The van der Waals surface area contributed by atoms with Gasteiger partial charge in [0, 0.05) is 24.6 Å². The number of hydrogen-bond acceptors (Lipinski definition) is 6. The summed E-state index contributed by atoms with van der Waals surface area (Å²) in [5.41, 5.74) is 1.00. The van der Waals surface area contributed by atoms with Crippen LogP contribution in [0.1, 0.15) is 34.6 Å². The molecule has 3 rings (SSSR count). The number of amides is 1. The molecule has 0 radical (unpaired) electrons. The predicted molar refractivity (Wildman–Crippen MR) is 95.4 cm³/mol. The number of pyridine rings is 1. The lowest BCUT2D eigenvalue weighted by Crippen LogP contribution is -2.31. The lowest BCUT2D eigenvalue weighted by atomic mass is 9.98. The number of rotatable bonds is 4. The summed E-state index contributed by atoms with van der Waals surface area (Å²) in [5.74, 6) is -1.63.